The van der Waals surface area contributed by atoms with Crippen molar-refractivity contribution < 1.29 is 14.7 Å². The van der Waals surface area contributed by atoms with Crippen LogP contribution in [-0.4, -0.2) is 35.6 Å². The number of hydrogen-bond acceptors (Lipinski definition) is 3. The number of rotatable bonds is 8. The summed E-state index contributed by atoms with van der Waals surface area (Å²) in [6.07, 6.45) is 3.19. The van der Waals surface area contributed by atoms with E-state index < -0.39 is 12.0 Å². The van der Waals surface area contributed by atoms with Gasteiger partial charge in [-0.05, 0) is 25.2 Å². The van der Waals surface area contributed by atoms with Crippen LogP contribution in [0.25, 0.3) is 0 Å². The van der Waals surface area contributed by atoms with Crippen LogP contribution >= 0.6 is 0 Å². The zero-order chi connectivity index (χ0) is 12.8. The molecule has 0 spiro atoms. The SMILES string of the molecule is CC(C)C[C@@H](NC(=O)CCNC1CC1)C(=O)O. The zero-order valence-electron chi connectivity index (χ0n) is 10.5. The summed E-state index contributed by atoms with van der Waals surface area (Å²) in [5, 5.41) is 14.8. The Morgan fingerprint density at radius 1 is 1.35 bits per heavy atom. The molecule has 1 fully saturated rings. The monoisotopic (exact) mass is 242 g/mol. The molecule has 0 aliphatic heterocycles. The molecule has 5 heteroatoms. The predicted molar refractivity (Wildman–Crippen MR) is 64.7 cm³/mol. The van der Waals surface area contributed by atoms with Gasteiger partial charge in [-0.2, -0.15) is 0 Å². The highest BCUT2D eigenvalue weighted by atomic mass is 16.4. The lowest BCUT2D eigenvalue weighted by molar-refractivity contribution is -0.142. The summed E-state index contributed by atoms with van der Waals surface area (Å²) in [4.78, 5) is 22.5. The second kappa shape index (κ2) is 6.59. The van der Waals surface area contributed by atoms with Crippen LogP contribution in [0.15, 0.2) is 0 Å². The lowest BCUT2D eigenvalue weighted by Gasteiger charge is -2.16. The Labute approximate surface area is 102 Å². The molecule has 0 aromatic carbocycles. The molecule has 1 saturated carbocycles. The molecule has 5 nitrogen and oxygen atoms in total. The minimum absolute atomic E-state index is 0.189. The fraction of sp³-hybridized carbons (Fsp3) is 0.833. The van der Waals surface area contributed by atoms with Crippen LogP contribution in [0, 0.1) is 5.92 Å². The van der Waals surface area contributed by atoms with E-state index in [0.29, 0.717) is 25.4 Å². The average molecular weight is 242 g/mol. The van der Waals surface area contributed by atoms with E-state index in [1.165, 1.54) is 12.8 Å². The smallest absolute Gasteiger partial charge is 0.326 e. The molecule has 0 aromatic heterocycles. The molecule has 0 aromatic rings. The molecule has 0 radical (unpaired) electrons. The summed E-state index contributed by atoms with van der Waals surface area (Å²) in [7, 11) is 0. The van der Waals surface area contributed by atoms with E-state index in [2.05, 4.69) is 10.6 Å². The fourth-order valence-corrected chi connectivity index (χ4v) is 1.64. The van der Waals surface area contributed by atoms with Crippen LogP contribution in [-0.2, 0) is 9.59 Å². The molecule has 1 aliphatic carbocycles. The van der Waals surface area contributed by atoms with Gasteiger partial charge < -0.3 is 15.7 Å². The first kappa shape index (κ1) is 14.0. The van der Waals surface area contributed by atoms with E-state index in [-0.39, 0.29) is 11.8 Å². The first-order valence-electron chi connectivity index (χ1n) is 6.24. The summed E-state index contributed by atoms with van der Waals surface area (Å²) in [6, 6.07) is -0.183. The van der Waals surface area contributed by atoms with Gasteiger partial charge in [0.05, 0.1) is 0 Å². The number of amides is 1. The van der Waals surface area contributed by atoms with Gasteiger partial charge in [-0.3, -0.25) is 4.79 Å². The number of hydrogen-bond donors (Lipinski definition) is 3. The highest BCUT2D eigenvalue weighted by molar-refractivity contribution is 5.83. The normalized spacial score (nSPS) is 16.9. The summed E-state index contributed by atoms with van der Waals surface area (Å²) in [6.45, 7) is 4.51. The molecule has 1 atom stereocenters. The highest BCUT2D eigenvalue weighted by Crippen LogP contribution is 2.18. The van der Waals surface area contributed by atoms with E-state index in [1.807, 2.05) is 13.8 Å². The molecule has 0 bridgehead atoms. The Hall–Kier alpha value is -1.10. The van der Waals surface area contributed by atoms with Crippen molar-refractivity contribution in [2.45, 2.75) is 51.6 Å². The number of carbonyl (C=O) groups is 2. The maximum absolute atomic E-state index is 11.5. The van der Waals surface area contributed by atoms with E-state index in [4.69, 9.17) is 5.11 Å². The third-order valence-electron chi connectivity index (χ3n) is 2.70. The van der Waals surface area contributed by atoms with Gasteiger partial charge in [-0.15, -0.1) is 0 Å². The Morgan fingerprint density at radius 3 is 2.47 bits per heavy atom. The molecule has 1 amide bonds. The van der Waals surface area contributed by atoms with Crippen molar-refractivity contribution in [3.8, 4) is 0 Å². The fourth-order valence-electron chi connectivity index (χ4n) is 1.64. The minimum Gasteiger partial charge on any atom is -0.480 e. The van der Waals surface area contributed by atoms with Crippen molar-refractivity contribution in [1.82, 2.24) is 10.6 Å². The standard InChI is InChI=1S/C12H22N2O3/c1-8(2)7-10(12(16)17)14-11(15)5-6-13-9-3-4-9/h8-10,13H,3-7H2,1-2H3,(H,14,15)(H,16,17)/t10-/m1/s1. The van der Waals surface area contributed by atoms with Crippen molar-refractivity contribution in [3.63, 3.8) is 0 Å². The molecule has 98 valence electrons. The van der Waals surface area contributed by atoms with Gasteiger partial charge in [0.15, 0.2) is 0 Å². The largest absolute Gasteiger partial charge is 0.480 e. The molecule has 1 aliphatic rings. The van der Waals surface area contributed by atoms with Crippen LogP contribution in [0.4, 0.5) is 0 Å². The van der Waals surface area contributed by atoms with Gasteiger partial charge in [-0.1, -0.05) is 13.8 Å². The predicted octanol–water partition coefficient (Wildman–Crippen LogP) is 0.744. The van der Waals surface area contributed by atoms with Gasteiger partial charge in [0.25, 0.3) is 0 Å². The number of carboxylic acids is 1. The third kappa shape index (κ3) is 6.26. The van der Waals surface area contributed by atoms with Gasteiger partial charge >= 0.3 is 5.97 Å². The summed E-state index contributed by atoms with van der Waals surface area (Å²) < 4.78 is 0. The first-order valence-corrected chi connectivity index (χ1v) is 6.24. The van der Waals surface area contributed by atoms with Gasteiger partial charge in [0.2, 0.25) is 5.91 Å². The molecule has 1 rings (SSSR count). The third-order valence-corrected chi connectivity index (χ3v) is 2.70. The topological polar surface area (TPSA) is 78.4 Å². The number of carbonyl (C=O) groups excluding carboxylic acids is 1. The van der Waals surface area contributed by atoms with Crippen LogP contribution in [0.1, 0.15) is 39.5 Å². The van der Waals surface area contributed by atoms with E-state index in [1.54, 1.807) is 0 Å². The van der Waals surface area contributed by atoms with Crippen LogP contribution < -0.4 is 10.6 Å². The molecule has 17 heavy (non-hydrogen) atoms. The second-order valence-electron chi connectivity index (χ2n) is 5.07. The van der Waals surface area contributed by atoms with Gasteiger partial charge in [-0.25, -0.2) is 4.79 Å². The highest BCUT2D eigenvalue weighted by Gasteiger charge is 2.22. The van der Waals surface area contributed by atoms with E-state index in [0.717, 1.165) is 0 Å². The van der Waals surface area contributed by atoms with Crippen LogP contribution in [0.2, 0.25) is 0 Å². The van der Waals surface area contributed by atoms with E-state index in [9.17, 15) is 9.59 Å². The Bertz CT molecular complexity index is 275. The minimum atomic E-state index is -0.956. The van der Waals surface area contributed by atoms with Crippen molar-refractivity contribution in [1.29, 1.82) is 0 Å². The van der Waals surface area contributed by atoms with Crippen molar-refractivity contribution >= 4 is 11.9 Å². The molecule has 0 heterocycles. The van der Waals surface area contributed by atoms with Crippen molar-refractivity contribution in [2.24, 2.45) is 5.92 Å². The number of carboxylic acid groups (broad SMARTS) is 1. The zero-order valence-corrected chi connectivity index (χ0v) is 10.5. The Kier molecular flexibility index (Phi) is 5.41. The maximum Gasteiger partial charge on any atom is 0.326 e. The number of aliphatic carboxylic acids is 1. The first-order chi connectivity index (χ1) is 7.99. The maximum atomic E-state index is 11.5. The number of nitrogens with one attached hydrogen (secondary N) is 2. The Morgan fingerprint density at radius 2 is 2.00 bits per heavy atom. The van der Waals surface area contributed by atoms with Crippen LogP contribution in [0.3, 0.4) is 0 Å². The van der Waals surface area contributed by atoms with E-state index >= 15 is 0 Å². The molecule has 3 N–H and O–H groups in total. The average Bonchev–Trinajstić information content (AvgIpc) is 2.99. The van der Waals surface area contributed by atoms with Gasteiger partial charge in [0.1, 0.15) is 6.04 Å². The Balaban J connectivity index is 2.21. The van der Waals surface area contributed by atoms with Crippen LogP contribution in [0.5, 0.6) is 0 Å². The summed E-state index contributed by atoms with van der Waals surface area (Å²) >= 11 is 0. The lowest BCUT2D eigenvalue weighted by atomic mass is 10.0. The lowest BCUT2D eigenvalue weighted by Crippen LogP contribution is -2.42. The quantitative estimate of drug-likeness (QED) is 0.586. The summed E-state index contributed by atoms with van der Waals surface area (Å²) in [5.41, 5.74) is 0. The van der Waals surface area contributed by atoms with Gasteiger partial charge in [0, 0.05) is 19.0 Å². The summed E-state index contributed by atoms with van der Waals surface area (Å²) in [5.74, 6) is -0.894. The molecule has 0 unspecified atom stereocenters. The van der Waals surface area contributed by atoms with Crippen molar-refractivity contribution in [3.05, 3.63) is 0 Å². The molecule has 0 saturated heterocycles. The molecular weight excluding hydrogens is 220 g/mol. The van der Waals surface area contributed by atoms with Crippen molar-refractivity contribution in [2.75, 3.05) is 6.54 Å². The molecular formula is C12H22N2O3. The second-order valence-corrected chi connectivity index (χ2v) is 5.07.